The number of hydrogen-bond acceptors (Lipinski definition) is 4. The number of carbonyl (C=O) groups is 1. The zero-order valence-electron chi connectivity index (χ0n) is 10.1. The van der Waals surface area contributed by atoms with Gasteiger partial charge in [-0.15, -0.1) is 0 Å². The highest BCUT2D eigenvalue weighted by Gasteiger charge is 2.21. The highest BCUT2D eigenvalue weighted by atomic mass is 16.5. The number of hydrogen-bond donors (Lipinski definition) is 2. The van der Waals surface area contributed by atoms with Gasteiger partial charge in [0.05, 0.1) is 12.7 Å². The van der Waals surface area contributed by atoms with Gasteiger partial charge in [0.1, 0.15) is 0 Å². The molecule has 1 saturated heterocycles. The molecule has 2 N–H and O–H groups in total. The number of aliphatic hydroxyl groups is 1. The minimum atomic E-state index is -0.597. The van der Waals surface area contributed by atoms with E-state index >= 15 is 0 Å². The average Bonchev–Trinajstić information content (AvgIpc) is 2.70. The smallest absolute Gasteiger partial charge is 0.222 e. The van der Waals surface area contributed by atoms with Crippen LogP contribution < -0.4 is 5.32 Å². The average molecular weight is 230 g/mol. The van der Waals surface area contributed by atoms with Crippen LogP contribution in [0.1, 0.15) is 12.8 Å². The highest BCUT2D eigenvalue weighted by molar-refractivity contribution is 5.76. The van der Waals surface area contributed by atoms with Gasteiger partial charge < -0.3 is 20.1 Å². The molecule has 5 nitrogen and oxygen atoms in total. The molecule has 94 valence electrons. The quantitative estimate of drug-likeness (QED) is 0.643. The van der Waals surface area contributed by atoms with Crippen LogP contribution in [0.2, 0.25) is 0 Å². The van der Waals surface area contributed by atoms with E-state index in [1.54, 1.807) is 11.9 Å². The predicted molar refractivity (Wildman–Crippen MR) is 61.1 cm³/mol. The molecule has 1 heterocycles. The molecule has 1 aliphatic heterocycles. The van der Waals surface area contributed by atoms with E-state index < -0.39 is 6.10 Å². The molecule has 0 bridgehead atoms. The summed E-state index contributed by atoms with van der Waals surface area (Å²) in [6, 6.07) is 0. The molecule has 1 rings (SSSR count). The van der Waals surface area contributed by atoms with Crippen molar-refractivity contribution in [3.05, 3.63) is 0 Å². The fraction of sp³-hybridized carbons (Fsp3) is 0.909. The standard InChI is InChI=1S/C11H22N2O3/c1-13(7-10(14)8-16-2)11(15)5-9-3-4-12-6-9/h9-10,12,14H,3-8H2,1-2H3. The maximum absolute atomic E-state index is 11.8. The van der Waals surface area contributed by atoms with E-state index in [9.17, 15) is 9.90 Å². The van der Waals surface area contributed by atoms with Gasteiger partial charge in [-0.05, 0) is 25.4 Å². The fourth-order valence-corrected chi connectivity index (χ4v) is 1.95. The Labute approximate surface area is 96.8 Å². The number of likely N-dealkylation sites (N-methyl/N-ethyl adjacent to an activating group) is 1. The summed E-state index contributed by atoms with van der Waals surface area (Å²) in [6.07, 6.45) is 1.05. The summed E-state index contributed by atoms with van der Waals surface area (Å²) in [5.74, 6) is 0.554. The minimum absolute atomic E-state index is 0.101. The largest absolute Gasteiger partial charge is 0.389 e. The lowest BCUT2D eigenvalue weighted by Crippen LogP contribution is -2.37. The number of nitrogens with one attached hydrogen (secondary N) is 1. The first-order valence-electron chi connectivity index (χ1n) is 5.75. The van der Waals surface area contributed by atoms with E-state index in [0.29, 0.717) is 18.9 Å². The summed E-state index contributed by atoms with van der Waals surface area (Å²) in [4.78, 5) is 13.4. The van der Waals surface area contributed by atoms with Gasteiger partial charge in [0.25, 0.3) is 0 Å². The van der Waals surface area contributed by atoms with Crippen molar-refractivity contribution in [2.45, 2.75) is 18.9 Å². The van der Waals surface area contributed by atoms with Crippen molar-refractivity contribution in [3.63, 3.8) is 0 Å². The lowest BCUT2D eigenvalue weighted by atomic mass is 10.0. The number of methoxy groups -OCH3 is 1. The van der Waals surface area contributed by atoms with Crippen LogP contribution in [0.5, 0.6) is 0 Å². The molecule has 0 aliphatic carbocycles. The molecular weight excluding hydrogens is 208 g/mol. The fourth-order valence-electron chi connectivity index (χ4n) is 1.95. The Hall–Kier alpha value is -0.650. The molecule has 16 heavy (non-hydrogen) atoms. The molecular formula is C11H22N2O3. The molecule has 1 fully saturated rings. The first-order valence-corrected chi connectivity index (χ1v) is 5.75. The number of amides is 1. The molecule has 1 amide bonds. The third-order valence-corrected chi connectivity index (χ3v) is 2.90. The first kappa shape index (κ1) is 13.4. The number of nitrogens with zero attached hydrogens (tertiary/aromatic N) is 1. The van der Waals surface area contributed by atoms with Gasteiger partial charge in [-0.2, -0.15) is 0 Å². The maximum atomic E-state index is 11.8. The summed E-state index contributed by atoms with van der Waals surface area (Å²) in [6.45, 7) is 2.55. The van der Waals surface area contributed by atoms with Crippen LogP contribution in [-0.2, 0) is 9.53 Å². The molecule has 2 unspecified atom stereocenters. The first-order chi connectivity index (χ1) is 7.63. The molecule has 0 aromatic rings. The molecule has 5 heteroatoms. The van der Waals surface area contributed by atoms with Crippen LogP contribution in [-0.4, -0.2) is 62.4 Å². The number of rotatable bonds is 6. The summed E-state index contributed by atoms with van der Waals surface area (Å²) < 4.78 is 4.82. The van der Waals surface area contributed by atoms with E-state index in [4.69, 9.17) is 4.74 Å². The topological polar surface area (TPSA) is 61.8 Å². The third kappa shape index (κ3) is 4.47. The van der Waals surface area contributed by atoms with Crippen LogP contribution in [0.3, 0.4) is 0 Å². The second kappa shape index (κ2) is 6.83. The molecule has 0 radical (unpaired) electrons. The van der Waals surface area contributed by atoms with E-state index in [1.807, 2.05) is 0 Å². The lowest BCUT2D eigenvalue weighted by Gasteiger charge is -2.21. The van der Waals surface area contributed by atoms with E-state index in [2.05, 4.69) is 5.32 Å². The van der Waals surface area contributed by atoms with Crippen molar-refractivity contribution < 1.29 is 14.6 Å². The van der Waals surface area contributed by atoms with Crippen molar-refractivity contribution in [1.29, 1.82) is 0 Å². The van der Waals surface area contributed by atoms with Gasteiger partial charge in [0.15, 0.2) is 0 Å². The summed E-state index contributed by atoms with van der Waals surface area (Å²) in [7, 11) is 3.26. The van der Waals surface area contributed by atoms with Crippen LogP contribution in [0.25, 0.3) is 0 Å². The Bertz CT molecular complexity index is 217. The van der Waals surface area contributed by atoms with Gasteiger partial charge in [-0.1, -0.05) is 0 Å². The molecule has 0 aromatic carbocycles. The van der Waals surface area contributed by atoms with Crippen LogP contribution in [0.4, 0.5) is 0 Å². The van der Waals surface area contributed by atoms with Crippen LogP contribution >= 0.6 is 0 Å². The van der Waals surface area contributed by atoms with Crippen molar-refractivity contribution in [1.82, 2.24) is 10.2 Å². The van der Waals surface area contributed by atoms with Gasteiger partial charge in [0.2, 0.25) is 5.91 Å². The second-order valence-corrected chi connectivity index (χ2v) is 4.45. The monoisotopic (exact) mass is 230 g/mol. The SMILES string of the molecule is COCC(O)CN(C)C(=O)CC1CCNC1. The van der Waals surface area contributed by atoms with Gasteiger partial charge in [-0.25, -0.2) is 0 Å². The molecule has 1 aliphatic rings. The molecule has 0 aromatic heterocycles. The lowest BCUT2D eigenvalue weighted by molar-refractivity contribution is -0.132. The maximum Gasteiger partial charge on any atom is 0.222 e. The van der Waals surface area contributed by atoms with E-state index in [1.165, 1.54) is 7.11 Å². The molecule has 0 saturated carbocycles. The normalized spacial score (nSPS) is 22.1. The van der Waals surface area contributed by atoms with Crippen LogP contribution in [0.15, 0.2) is 0 Å². The van der Waals surface area contributed by atoms with Crippen LogP contribution in [0, 0.1) is 5.92 Å². The predicted octanol–water partition coefficient (Wildman–Crippen LogP) is -0.548. The zero-order valence-corrected chi connectivity index (χ0v) is 10.1. The van der Waals surface area contributed by atoms with Crippen molar-refractivity contribution in [3.8, 4) is 0 Å². The Balaban J connectivity index is 2.23. The van der Waals surface area contributed by atoms with E-state index in [0.717, 1.165) is 19.5 Å². The second-order valence-electron chi connectivity index (χ2n) is 4.45. The Kier molecular flexibility index (Phi) is 5.73. The van der Waals surface area contributed by atoms with E-state index in [-0.39, 0.29) is 12.5 Å². The van der Waals surface area contributed by atoms with Crippen molar-refractivity contribution in [2.75, 3.05) is 40.4 Å². The number of ether oxygens (including phenoxy) is 1. The van der Waals surface area contributed by atoms with Gasteiger partial charge in [-0.3, -0.25) is 4.79 Å². The molecule has 2 atom stereocenters. The zero-order chi connectivity index (χ0) is 12.0. The van der Waals surface area contributed by atoms with Crippen molar-refractivity contribution >= 4 is 5.91 Å². The van der Waals surface area contributed by atoms with Crippen molar-refractivity contribution in [2.24, 2.45) is 5.92 Å². The highest BCUT2D eigenvalue weighted by Crippen LogP contribution is 2.13. The summed E-state index contributed by atoms with van der Waals surface area (Å²) in [5, 5.41) is 12.7. The third-order valence-electron chi connectivity index (χ3n) is 2.90. The Morgan fingerprint density at radius 2 is 2.44 bits per heavy atom. The number of aliphatic hydroxyl groups excluding tert-OH is 1. The minimum Gasteiger partial charge on any atom is -0.389 e. The summed E-state index contributed by atoms with van der Waals surface area (Å²) >= 11 is 0. The molecule has 0 spiro atoms. The Morgan fingerprint density at radius 3 is 3.00 bits per heavy atom. The summed E-state index contributed by atoms with van der Waals surface area (Å²) in [5.41, 5.74) is 0. The van der Waals surface area contributed by atoms with Gasteiger partial charge >= 0.3 is 0 Å². The van der Waals surface area contributed by atoms with Gasteiger partial charge in [0, 0.05) is 27.1 Å². The number of carbonyl (C=O) groups excluding carboxylic acids is 1. The Morgan fingerprint density at radius 1 is 1.69 bits per heavy atom.